The fourth-order valence-corrected chi connectivity index (χ4v) is 2.91. The zero-order valence-corrected chi connectivity index (χ0v) is 9.84. The molecule has 2 N–H and O–H groups in total. The second-order valence-electron chi connectivity index (χ2n) is 5.36. The van der Waals surface area contributed by atoms with Gasteiger partial charge < -0.3 is 10.4 Å². The van der Waals surface area contributed by atoms with Crippen molar-refractivity contribution >= 4 is 0 Å². The Morgan fingerprint density at radius 1 is 1.36 bits per heavy atom. The molecule has 1 fully saturated rings. The van der Waals surface area contributed by atoms with E-state index in [-0.39, 0.29) is 6.10 Å². The smallest absolute Gasteiger partial charge is 0.0540 e. The molecule has 0 bridgehead atoms. The van der Waals surface area contributed by atoms with E-state index >= 15 is 0 Å². The third-order valence-electron chi connectivity index (χ3n) is 3.41. The van der Waals surface area contributed by atoms with Crippen LogP contribution in [0.4, 0.5) is 0 Å². The van der Waals surface area contributed by atoms with Crippen LogP contribution >= 0.6 is 0 Å². The van der Waals surface area contributed by atoms with Gasteiger partial charge in [-0.2, -0.15) is 0 Å². The Morgan fingerprint density at radius 3 is 2.36 bits per heavy atom. The molecule has 0 aliphatic heterocycles. The molecule has 2 heteroatoms. The standard InChI is InChI=1S/C12H25NO/c1-10(2)8-12(9-13-3)6-4-11(14)5-7-12/h10-11,13-14H,4-9H2,1-3H3. The SMILES string of the molecule is CNCC1(CC(C)C)CCC(O)CC1. The lowest BCUT2D eigenvalue weighted by atomic mass is 9.68. The minimum absolute atomic E-state index is 0.0351. The molecule has 0 aromatic rings. The Labute approximate surface area is 88.1 Å². The van der Waals surface area contributed by atoms with Crippen molar-refractivity contribution in [1.29, 1.82) is 0 Å². The molecule has 1 aliphatic carbocycles. The first-order chi connectivity index (χ1) is 6.58. The van der Waals surface area contributed by atoms with E-state index in [2.05, 4.69) is 19.2 Å². The van der Waals surface area contributed by atoms with E-state index in [1.807, 2.05) is 7.05 Å². The van der Waals surface area contributed by atoms with Crippen LogP contribution in [0.1, 0.15) is 46.0 Å². The summed E-state index contributed by atoms with van der Waals surface area (Å²) in [5.74, 6) is 0.763. The highest BCUT2D eigenvalue weighted by atomic mass is 16.3. The van der Waals surface area contributed by atoms with Crippen molar-refractivity contribution in [3.05, 3.63) is 0 Å². The number of aliphatic hydroxyl groups excluding tert-OH is 1. The fraction of sp³-hybridized carbons (Fsp3) is 1.00. The van der Waals surface area contributed by atoms with Crippen LogP contribution in [-0.2, 0) is 0 Å². The van der Waals surface area contributed by atoms with Gasteiger partial charge in [-0.1, -0.05) is 13.8 Å². The topological polar surface area (TPSA) is 32.3 Å². The Hall–Kier alpha value is -0.0800. The quantitative estimate of drug-likeness (QED) is 0.727. The minimum atomic E-state index is -0.0351. The number of hydrogen-bond donors (Lipinski definition) is 2. The van der Waals surface area contributed by atoms with Crippen molar-refractivity contribution in [2.45, 2.75) is 52.1 Å². The molecular weight excluding hydrogens is 174 g/mol. The van der Waals surface area contributed by atoms with Crippen LogP contribution in [0.15, 0.2) is 0 Å². The molecule has 0 atom stereocenters. The largest absolute Gasteiger partial charge is 0.393 e. The molecule has 2 nitrogen and oxygen atoms in total. The number of hydrogen-bond acceptors (Lipinski definition) is 2. The monoisotopic (exact) mass is 199 g/mol. The second kappa shape index (κ2) is 5.13. The molecule has 0 spiro atoms. The summed E-state index contributed by atoms with van der Waals surface area (Å²) < 4.78 is 0. The molecule has 0 heterocycles. The highest BCUT2D eigenvalue weighted by Crippen LogP contribution is 2.40. The maximum absolute atomic E-state index is 9.52. The molecule has 0 amide bonds. The summed E-state index contributed by atoms with van der Waals surface area (Å²) in [4.78, 5) is 0. The second-order valence-corrected chi connectivity index (χ2v) is 5.36. The maximum atomic E-state index is 9.52. The van der Waals surface area contributed by atoms with Crippen molar-refractivity contribution in [3.8, 4) is 0 Å². The maximum Gasteiger partial charge on any atom is 0.0540 e. The van der Waals surface area contributed by atoms with Crippen molar-refractivity contribution in [2.75, 3.05) is 13.6 Å². The molecule has 0 aromatic carbocycles. The van der Waals surface area contributed by atoms with E-state index in [0.29, 0.717) is 5.41 Å². The van der Waals surface area contributed by atoms with Crippen molar-refractivity contribution < 1.29 is 5.11 Å². The average Bonchev–Trinajstić information content (AvgIpc) is 2.10. The summed E-state index contributed by atoms with van der Waals surface area (Å²) in [5.41, 5.74) is 0.460. The summed E-state index contributed by atoms with van der Waals surface area (Å²) in [7, 11) is 2.03. The van der Waals surface area contributed by atoms with Crippen molar-refractivity contribution in [3.63, 3.8) is 0 Å². The normalized spacial score (nSPS) is 33.6. The van der Waals surface area contributed by atoms with E-state index in [1.54, 1.807) is 0 Å². The van der Waals surface area contributed by atoms with Crippen molar-refractivity contribution in [2.24, 2.45) is 11.3 Å². The first-order valence-corrected chi connectivity index (χ1v) is 5.91. The molecule has 84 valence electrons. The van der Waals surface area contributed by atoms with E-state index in [0.717, 1.165) is 25.3 Å². The molecule has 1 aliphatic rings. The lowest BCUT2D eigenvalue weighted by Gasteiger charge is -2.40. The lowest BCUT2D eigenvalue weighted by Crippen LogP contribution is -2.38. The van der Waals surface area contributed by atoms with E-state index in [4.69, 9.17) is 0 Å². The zero-order chi connectivity index (χ0) is 10.6. The number of aliphatic hydroxyl groups is 1. The Morgan fingerprint density at radius 2 is 1.93 bits per heavy atom. The van der Waals surface area contributed by atoms with E-state index in [9.17, 15) is 5.11 Å². The van der Waals surface area contributed by atoms with E-state index in [1.165, 1.54) is 19.3 Å². The Balaban J connectivity index is 2.53. The van der Waals surface area contributed by atoms with Crippen molar-refractivity contribution in [1.82, 2.24) is 5.32 Å². The Bertz CT molecular complexity index is 160. The highest BCUT2D eigenvalue weighted by Gasteiger charge is 2.34. The van der Waals surface area contributed by atoms with Crippen LogP contribution in [0.25, 0.3) is 0 Å². The van der Waals surface area contributed by atoms with Gasteiger partial charge in [0.2, 0.25) is 0 Å². The molecule has 1 rings (SSSR count). The molecular formula is C12H25NO. The first kappa shape index (κ1) is 12.0. The van der Waals surface area contributed by atoms with Gasteiger partial charge in [0.15, 0.2) is 0 Å². The number of nitrogens with one attached hydrogen (secondary N) is 1. The van der Waals surface area contributed by atoms with Gasteiger partial charge in [0.25, 0.3) is 0 Å². The summed E-state index contributed by atoms with van der Waals surface area (Å²) >= 11 is 0. The first-order valence-electron chi connectivity index (χ1n) is 5.91. The van der Waals surface area contributed by atoms with Gasteiger partial charge in [-0.25, -0.2) is 0 Å². The van der Waals surface area contributed by atoms with Gasteiger partial charge in [-0.15, -0.1) is 0 Å². The predicted octanol–water partition coefficient (Wildman–Crippen LogP) is 2.17. The van der Waals surface area contributed by atoms with Crippen LogP contribution < -0.4 is 5.32 Å². The van der Waals surface area contributed by atoms with Gasteiger partial charge in [-0.3, -0.25) is 0 Å². The van der Waals surface area contributed by atoms with Gasteiger partial charge in [0.1, 0.15) is 0 Å². The Kier molecular flexibility index (Phi) is 4.39. The van der Waals surface area contributed by atoms with Crippen LogP contribution in [0.5, 0.6) is 0 Å². The average molecular weight is 199 g/mol. The van der Waals surface area contributed by atoms with Gasteiger partial charge in [-0.05, 0) is 50.5 Å². The van der Waals surface area contributed by atoms with Gasteiger partial charge in [0.05, 0.1) is 6.10 Å². The molecule has 0 aromatic heterocycles. The van der Waals surface area contributed by atoms with E-state index < -0.39 is 0 Å². The van der Waals surface area contributed by atoms with Crippen LogP contribution in [0, 0.1) is 11.3 Å². The van der Waals surface area contributed by atoms with Crippen LogP contribution in [0.3, 0.4) is 0 Å². The summed E-state index contributed by atoms with van der Waals surface area (Å²) in [6.45, 7) is 5.70. The van der Waals surface area contributed by atoms with Gasteiger partial charge >= 0.3 is 0 Å². The molecule has 14 heavy (non-hydrogen) atoms. The van der Waals surface area contributed by atoms with Crippen LogP contribution in [-0.4, -0.2) is 24.8 Å². The molecule has 0 radical (unpaired) electrons. The molecule has 0 unspecified atom stereocenters. The molecule has 0 saturated heterocycles. The summed E-state index contributed by atoms with van der Waals surface area (Å²) in [6, 6.07) is 0. The fourth-order valence-electron chi connectivity index (χ4n) is 2.91. The third kappa shape index (κ3) is 3.25. The highest BCUT2D eigenvalue weighted by molar-refractivity contribution is 4.87. The summed E-state index contributed by atoms with van der Waals surface area (Å²) in [5, 5.41) is 12.8. The lowest BCUT2D eigenvalue weighted by molar-refractivity contribution is 0.0508. The number of rotatable bonds is 4. The predicted molar refractivity (Wildman–Crippen MR) is 60.3 cm³/mol. The van der Waals surface area contributed by atoms with Gasteiger partial charge in [0, 0.05) is 6.54 Å². The summed E-state index contributed by atoms with van der Waals surface area (Å²) in [6.07, 6.45) is 5.62. The minimum Gasteiger partial charge on any atom is -0.393 e. The van der Waals surface area contributed by atoms with Crippen LogP contribution in [0.2, 0.25) is 0 Å². The third-order valence-corrected chi connectivity index (χ3v) is 3.41. The zero-order valence-electron chi connectivity index (χ0n) is 9.84. The molecule has 1 saturated carbocycles.